The molecule has 1 aromatic rings. The molecule has 1 nitrogen and oxygen atoms in total. The van der Waals surface area contributed by atoms with Crippen LogP contribution in [0.4, 0.5) is 0 Å². The van der Waals surface area contributed by atoms with Crippen LogP contribution in [0.2, 0.25) is 0 Å². The van der Waals surface area contributed by atoms with Crippen LogP contribution >= 0.6 is 0 Å². The Morgan fingerprint density at radius 3 is 2.08 bits per heavy atom. The van der Waals surface area contributed by atoms with Crippen LogP contribution in [0.15, 0.2) is 12.1 Å². The summed E-state index contributed by atoms with van der Waals surface area (Å²) in [6.07, 6.45) is 5.29. The van der Waals surface area contributed by atoms with Crippen LogP contribution in [0.25, 0.3) is 0 Å². The first-order chi connectivity index (χ1) is 5.69. The zero-order valence-electron chi connectivity index (χ0n) is 7.64. The molecule has 1 rings (SSSR count). The maximum absolute atomic E-state index is 5.29. The van der Waals surface area contributed by atoms with Gasteiger partial charge in [0.05, 0.1) is 7.11 Å². The molecule has 0 unspecified atom stereocenters. The molecule has 0 heterocycles. The average Bonchev–Trinajstić information content (AvgIpc) is 2.03. The van der Waals surface area contributed by atoms with Crippen molar-refractivity contribution >= 4 is 0 Å². The maximum Gasteiger partial charge on any atom is 0.124 e. The minimum absolute atomic E-state index is 0.908. The van der Waals surface area contributed by atoms with E-state index in [0.717, 1.165) is 22.4 Å². The molecule has 0 aliphatic carbocycles. The van der Waals surface area contributed by atoms with Crippen molar-refractivity contribution in [3.05, 3.63) is 28.8 Å². The Hall–Kier alpha value is -1.42. The standard InChI is InChI=1S/C11H12O/c1-5-10-6-8(2)11(12-4)9(3)7-10/h1,6-7H,2-4H3. The molecule has 0 fully saturated rings. The normalized spacial score (nSPS) is 9.17. The van der Waals surface area contributed by atoms with E-state index in [2.05, 4.69) is 5.92 Å². The minimum atomic E-state index is 0.908. The Morgan fingerprint density at radius 2 is 1.75 bits per heavy atom. The van der Waals surface area contributed by atoms with Gasteiger partial charge in [0.15, 0.2) is 0 Å². The van der Waals surface area contributed by atoms with Crippen molar-refractivity contribution in [1.29, 1.82) is 0 Å². The van der Waals surface area contributed by atoms with Crippen LogP contribution in [0.1, 0.15) is 16.7 Å². The Labute approximate surface area is 73.4 Å². The summed E-state index contributed by atoms with van der Waals surface area (Å²) in [7, 11) is 1.67. The zero-order chi connectivity index (χ0) is 9.14. The lowest BCUT2D eigenvalue weighted by Crippen LogP contribution is -1.91. The highest BCUT2D eigenvalue weighted by molar-refractivity contribution is 5.47. The van der Waals surface area contributed by atoms with E-state index in [-0.39, 0.29) is 0 Å². The molecule has 1 aromatic carbocycles. The molecule has 0 amide bonds. The molecule has 0 N–H and O–H groups in total. The van der Waals surface area contributed by atoms with Crippen molar-refractivity contribution in [2.24, 2.45) is 0 Å². The first-order valence-corrected chi connectivity index (χ1v) is 3.81. The first kappa shape index (κ1) is 8.67. The minimum Gasteiger partial charge on any atom is -0.496 e. The molecular weight excluding hydrogens is 148 g/mol. The van der Waals surface area contributed by atoms with Gasteiger partial charge in [0, 0.05) is 5.56 Å². The Bertz CT molecular complexity index is 308. The van der Waals surface area contributed by atoms with Crippen LogP contribution in [0.3, 0.4) is 0 Å². The maximum atomic E-state index is 5.29. The predicted molar refractivity (Wildman–Crippen MR) is 50.4 cm³/mol. The zero-order valence-corrected chi connectivity index (χ0v) is 7.64. The van der Waals surface area contributed by atoms with Crippen molar-refractivity contribution in [2.45, 2.75) is 13.8 Å². The number of aryl methyl sites for hydroxylation is 2. The van der Waals surface area contributed by atoms with E-state index in [9.17, 15) is 0 Å². The van der Waals surface area contributed by atoms with Gasteiger partial charge in [-0.25, -0.2) is 0 Å². The number of rotatable bonds is 1. The van der Waals surface area contributed by atoms with E-state index in [1.807, 2.05) is 26.0 Å². The summed E-state index contributed by atoms with van der Waals surface area (Å²) in [5.74, 6) is 3.53. The second kappa shape index (κ2) is 3.32. The highest BCUT2D eigenvalue weighted by atomic mass is 16.5. The van der Waals surface area contributed by atoms with Gasteiger partial charge in [0.1, 0.15) is 5.75 Å². The van der Waals surface area contributed by atoms with Crippen molar-refractivity contribution in [3.63, 3.8) is 0 Å². The number of terminal acetylenes is 1. The van der Waals surface area contributed by atoms with E-state index in [4.69, 9.17) is 11.2 Å². The fourth-order valence-corrected chi connectivity index (χ4v) is 1.36. The van der Waals surface area contributed by atoms with Gasteiger partial charge in [0.25, 0.3) is 0 Å². The summed E-state index contributed by atoms with van der Waals surface area (Å²) < 4.78 is 5.21. The molecule has 62 valence electrons. The molecule has 0 saturated carbocycles. The van der Waals surface area contributed by atoms with Crippen molar-refractivity contribution < 1.29 is 4.74 Å². The highest BCUT2D eigenvalue weighted by Crippen LogP contribution is 2.23. The number of benzene rings is 1. The van der Waals surface area contributed by atoms with Crippen molar-refractivity contribution in [3.8, 4) is 18.1 Å². The van der Waals surface area contributed by atoms with Gasteiger partial charge < -0.3 is 4.74 Å². The summed E-state index contributed by atoms with van der Waals surface area (Å²) in [6.45, 7) is 3.99. The SMILES string of the molecule is C#Cc1cc(C)c(OC)c(C)c1. The number of hydrogen-bond acceptors (Lipinski definition) is 1. The van der Waals surface area contributed by atoms with Gasteiger partial charge >= 0.3 is 0 Å². The Morgan fingerprint density at radius 1 is 1.25 bits per heavy atom. The highest BCUT2D eigenvalue weighted by Gasteiger charge is 2.02. The van der Waals surface area contributed by atoms with Crippen LogP contribution in [-0.4, -0.2) is 7.11 Å². The fraction of sp³-hybridized carbons (Fsp3) is 0.273. The van der Waals surface area contributed by atoms with Gasteiger partial charge in [-0.3, -0.25) is 0 Å². The van der Waals surface area contributed by atoms with Crippen molar-refractivity contribution in [2.75, 3.05) is 7.11 Å². The first-order valence-electron chi connectivity index (χ1n) is 3.81. The summed E-state index contributed by atoms with van der Waals surface area (Å²) in [6, 6.07) is 3.90. The number of ether oxygens (including phenoxy) is 1. The second-order valence-corrected chi connectivity index (χ2v) is 2.79. The van der Waals surface area contributed by atoms with E-state index in [0.29, 0.717) is 0 Å². The topological polar surface area (TPSA) is 9.23 Å². The van der Waals surface area contributed by atoms with E-state index < -0.39 is 0 Å². The Balaban J connectivity index is 3.30. The third-order valence-corrected chi connectivity index (χ3v) is 1.83. The quantitative estimate of drug-likeness (QED) is 0.573. The third kappa shape index (κ3) is 1.43. The lowest BCUT2D eigenvalue weighted by Gasteiger charge is -2.08. The molecule has 0 atom stereocenters. The van der Waals surface area contributed by atoms with E-state index >= 15 is 0 Å². The van der Waals surface area contributed by atoms with Crippen LogP contribution in [0.5, 0.6) is 5.75 Å². The molecule has 0 spiro atoms. The molecule has 0 aliphatic heterocycles. The molecule has 0 radical (unpaired) electrons. The van der Waals surface area contributed by atoms with Gasteiger partial charge in [-0.05, 0) is 37.1 Å². The lowest BCUT2D eigenvalue weighted by atomic mass is 10.1. The molecule has 1 heteroatoms. The van der Waals surface area contributed by atoms with Crippen LogP contribution < -0.4 is 4.74 Å². The average molecular weight is 160 g/mol. The molecule has 12 heavy (non-hydrogen) atoms. The van der Waals surface area contributed by atoms with Gasteiger partial charge in [-0.15, -0.1) is 6.42 Å². The number of methoxy groups -OCH3 is 1. The van der Waals surface area contributed by atoms with Crippen molar-refractivity contribution in [1.82, 2.24) is 0 Å². The molecule has 0 saturated heterocycles. The van der Waals surface area contributed by atoms with Crippen LogP contribution in [-0.2, 0) is 0 Å². The van der Waals surface area contributed by atoms with E-state index in [1.54, 1.807) is 7.11 Å². The largest absolute Gasteiger partial charge is 0.496 e. The molecule has 0 bridgehead atoms. The molecular formula is C11H12O. The smallest absolute Gasteiger partial charge is 0.124 e. The summed E-state index contributed by atoms with van der Waals surface area (Å²) >= 11 is 0. The monoisotopic (exact) mass is 160 g/mol. The summed E-state index contributed by atoms with van der Waals surface area (Å²) in [5, 5.41) is 0. The number of hydrogen-bond donors (Lipinski definition) is 0. The lowest BCUT2D eigenvalue weighted by molar-refractivity contribution is 0.408. The van der Waals surface area contributed by atoms with Crippen LogP contribution in [0, 0.1) is 26.2 Å². The third-order valence-electron chi connectivity index (χ3n) is 1.83. The predicted octanol–water partition coefficient (Wildman–Crippen LogP) is 2.29. The second-order valence-electron chi connectivity index (χ2n) is 2.79. The summed E-state index contributed by atoms with van der Waals surface area (Å²) in [5.41, 5.74) is 3.08. The van der Waals surface area contributed by atoms with Gasteiger partial charge in [0.2, 0.25) is 0 Å². The molecule has 0 aromatic heterocycles. The molecule has 0 aliphatic rings. The fourth-order valence-electron chi connectivity index (χ4n) is 1.36. The van der Waals surface area contributed by atoms with Gasteiger partial charge in [-0.1, -0.05) is 5.92 Å². The Kier molecular flexibility index (Phi) is 2.40. The van der Waals surface area contributed by atoms with E-state index in [1.165, 1.54) is 0 Å². The summed E-state index contributed by atoms with van der Waals surface area (Å²) in [4.78, 5) is 0. The van der Waals surface area contributed by atoms with Gasteiger partial charge in [-0.2, -0.15) is 0 Å².